The number of para-hydroxylation sites is 2. The second-order valence-corrected chi connectivity index (χ2v) is 7.33. The van der Waals surface area contributed by atoms with Crippen molar-refractivity contribution in [2.75, 3.05) is 7.05 Å². The Morgan fingerprint density at radius 1 is 1.06 bits per heavy atom. The summed E-state index contributed by atoms with van der Waals surface area (Å²) in [6.45, 7) is 0.134. The first-order chi connectivity index (χ1) is 15.6. The van der Waals surface area contributed by atoms with Gasteiger partial charge in [-0.1, -0.05) is 30.3 Å². The molecule has 0 aliphatic carbocycles. The van der Waals surface area contributed by atoms with E-state index < -0.39 is 0 Å². The second kappa shape index (κ2) is 7.99. The Morgan fingerprint density at radius 2 is 1.84 bits per heavy atom. The van der Waals surface area contributed by atoms with Crippen molar-refractivity contribution in [3.8, 4) is 17.1 Å². The van der Waals surface area contributed by atoms with Crippen LogP contribution in [0.2, 0.25) is 0 Å². The van der Waals surface area contributed by atoms with Gasteiger partial charge < -0.3 is 14.3 Å². The van der Waals surface area contributed by atoms with Gasteiger partial charge in [-0.05, 0) is 36.4 Å². The summed E-state index contributed by atoms with van der Waals surface area (Å²) >= 11 is 0. The van der Waals surface area contributed by atoms with Crippen molar-refractivity contribution in [1.29, 1.82) is 0 Å². The van der Waals surface area contributed by atoms with E-state index in [4.69, 9.17) is 4.42 Å². The molecule has 8 nitrogen and oxygen atoms in total. The highest BCUT2D eigenvalue weighted by Gasteiger charge is 2.22. The Bertz CT molecular complexity index is 1450. The summed E-state index contributed by atoms with van der Waals surface area (Å²) < 4.78 is 7.05. The summed E-state index contributed by atoms with van der Waals surface area (Å²) in [5.41, 5.74) is 2.02. The average molecular weight is 425 g/mol. The average Bonchev–Trinajstić information content (AvgIpc) is 3.49. The van der Waals surface area contributed by atoms with Gasteiger partial charge in [0, 0.05) is 13.1 Å². The summed E-state index contributed by atoms with van der Waals surface area (Å²) in [7, 11) is 1.66. The van der Waals surface area contributed by atoms with Crippen LogP contribution >= 0.6 is 0 Å². The first-order valence-electron chi connectivity index (χ1n) is 10.0. The van der Waals surface area contributed by atoms with Gasteiger partial charge in [0.05, 0.1) is 29.4 Å². The number of rotatable bonds is 5. The minimum Gasteiger partial charge on any atom is -0.463 e. The molecule has 5 rings (SSSR count). The second-order valence-electron chi connectivity index (χ2n) is 7.33. The zero-order chi connectivity index (χ0) is 22.1. The lowest BCUT2D eigenvalue weighted by atomic mass is 10.2. The van der Waals surface area contributed by atoms with E-state index >= 15 is 0 Å². The van der Waals surface area contributed by atoms with E-state index in [1.165, 1.54) is 4.90 Å². The number of hydrogen-bond donors (Lipinski definition) is 1. The van der Waals surface area contributed by atoms with Gasteiger partial charge in [-0.2, -0.15) is 5.10 Å². The molecule has 0 radical (unpaired) electrons. The minimum atomic E-state index is -0.269. The van der Waals surface area contributed by atoms with Gasteiger partial charge in [0.15, 0.2) is 5.76 Å². The number of hydrogen-bond acceptors (Lipinski definition) is 5. The molecule has 0 spiro atoms. The lowest BCUT2D eigenvalue weighted by molar-refractivity contribution is 0.0772. The van der Waals surface area contributed by atoms with Crippen LogP contribution in [0.4, 0.5) is 0 Å². The van der Waals surface area contributed by atoms with Gasteiger partial charge in [0.2, 0.25) is 0 Å². The van der Waals surface area contributed by atoms with E-state index in [-0.39, 0.29) is 18.0 Å². The molecular weight excluding hydrogens is 406 g/mol. The molecule has 3 heterocycles. The van der Waals surface area contributed by atoms with Crippen molar-refractivity contribution in [2.45, 2.75) is 6.54 Å². The van der Waals surface area contributed by atoms with E-state index in [0.29, 0.717) is 33.9 Å². The monoisotopic (exact) mass is 425 g/mol. The van der Waals surface area contributed by atoms with Crippen LogP contribution in [0.3, 0.4) is 0 Å². The fourth-order valence-corrected chi connectivity index (χ4v) is 3.55. The number of furan rings is 1. The molecule has 158 valence electrons. The molecule has 8 heteroatoms. The van der Waals surface area contributed by atoms with Gasteiger partial charge in [-0.15, -0.1) is 0 Å². The lowest BCUT2D eigenvalue weighted by Crippen LogP contribution is -2.30. The Kier molecular flexibility index (Phi) is 4.87. The molecule has 3 aromatic heterocycles. The number of nitrogens with one attached hydrogen (secondary N) is 1. The number of benzene rings is 2. The number of carbonyl (C=O) groups is 1. The smallest absolute Gasteiger partial charge is 0.272 e. The van der Waals surface area contributed by atoms with Crippen LogP contribution in [0.1, 0.15) is 16.3 Å². The van der Waals surface area contributed by atoms with Crippen molar-refractivity contribution < 1.29 is 9.21 Å². The zero-order valence-electron chi connectivity index (χ0n) is 17.2. The van der Waals surface area contributed by atoms with Crippen molar-refractivity contribution in [2.24, 2.45) is 0 Å². The molecule has 2 aromatic carbocycles. The number of nitrogens with zero attached hydrogens (tertiary/aromatic N) is 4. The van der Waals surface area contributed by atoms with E-state index in [2.05, 4.69) is 15.1 Å². The summed E-state index contributed by atoms with van der Waals surface area (Å²) in [5, 5.41) is 5.10. The van der Waals surface area contributed by atoms with Gasteiger partial charge in [0.1, 0.15) is 17.2 Å². The quantitative estimate of drug-likeness (QED) is 0.464. The molecule has 0 aliphatic heterocycles. The molecule has 1 amide bonds. The standard InChI is InChI=1S/C24H19N5O3/c1-28(15-22-25-18-11-6-5-10-17(18)23(30)26-22)24(31)20-14-19(21-12-7-13-32-21)27-29(20)16-8-3-2-4-9-16/h2-14H,15H2,1H3,(H,25,26,30). The SMILES string of the molecule is CN(Cc1nc2ccccc2c(=O)[nH]1)C(=O)c1cc(-c2ccco2)nn1-c1ccccc1. The third-order valence-corrected chi connectivity index (χ3v) is 5.10. The van der Waals surface area contributed by atoms with Crippen molar-refractivity contribution in [3.05, 3.63) is 101 Å². The van der Waals surface area contributed by atoms with Crippen LogP contribution < -0.4 is 5.56 Å². The Labute approximate surface area is 182 Å². The Balaban J connectivity index is 1.50. The maximum atomic E-state index is 13.4. The molecule has 0 fully saturated rings. The maximum absolute atomic E-state index is 13.4. The molecule has 0 saturated heterocycles. The first kappa shape index (κ1) is 19.5. The highest BCUT2D eigenvalue weighted by atomic mass is 16.3. The predicted molar refractivity (Wildman–Crippen MR) is 119 cm³/mol. The van der Waals surface area contributed by atoms with Crippen molar-refractivity contribution in [1.82, 2.24) is 24.6 Å². The van der Waals surface area contributed by atoms with Crippen LogP contribution in [0.25, 0.3) is 28.0 Å². The summed E-state index contributed by atoms with van der Waals surface area (Å²) in [5.74, 6) is 0.702. The summed E-state index contributed by atoms with van der Waals surface area (Å²) in [6, 6.07) is 21.8. The van der Waals surface area contributed by atoms with Gasteiger partial charge in [-0.3, -0.25) is 9.59 Å². The van der Waals surface area contributed by atoms with Crippen LogP contribution in [0.5, 0.6) is 0 Å². The highest BCUT2D eigenvalue weighted by Crippen LogP contribution is 2.23. The molecular formula is C24H19N5O3. The molecule has 5 aromatic rings. The van der Waals surface area contributed by atoms with Gasteiger partial charge in [-0.25, -0.2) is 9.67 Å². The third kappa shape index (κ3) is 3.58. The molecule has 0 unspecified atom stereocenters. The maximum Gasteiger partial charge on any atom is 0.272 e. The summed E-state index contributed by atoms with van der Waals surface area (Å²) in [6.07, 6.45) is 1.56. The van der Waals surface area contributed by atoms with Crippen LogP contribution in [-0.2, 0) is 6.54 Å². The van der Waals surface area contributed by atoms with E-state index in [1.807, 2.05) is 36.4 Å². The Morgan fingerprint density at radius 3 is 2.62 bits per heavy atom. The predicted octanol–water partition coefficient (Wildman–Crippen LogP) is 3.64. The number of H-pyrrole nitrogens is 1. The molecule has 0 aliphatic rings. The van der Waals surface area contributed by atoms with Crippen molar-refractivity contribution in [3.63, 3.8) is 0 Å². The van der Waals surface area contributed by atoms with E-state index in [1.54, 1.807) is 54.4 Å². The Hall–Kier alpha value is -4.46. The molecule has 0 bridgehead atoms. The topological polar surface area (TPSA) is 97.0 Å². The van der Waals surface area contributed by atoms with E-state index in [9.17, 15) is 9.59 Å². The number of fused-ring (bicyclic) bond motifs is 1. The van der Waals surface area contributed by atoms with Gasteiger partial charge in [0.25, 0.3) is 11.5 Å². The minimum absolute atomic E-state index is 0.134. The largest absolute Gasteiger partial charge is 0.463 e. The van der Waals surface area contributed by atoms with Crippen LogP contribution in [0, 0.1) is 0 Å². The van der Waals surface area contributed by atoms with Crippen LogP contribution in [0.15, 0.2) is 88.3 Å². The first-order valence-corrected chi connectivity index (χ1v) is 10.0. The molecule has 32 heavy (non-hydrogen) atoms. The number of aromatic amines is 1. The lowest BCUT2D eigenvalue weighted by Gasteiger charge is -2.17. The zero-order valence-corrected chi connectivity index (χ0v) is 17.2. The fraction of sp³-hybridized carbons (Fsp3) is 0.0833. The number of amides is 1. The highest BCUT2D eigenvalue weighted by molar-refractivity contribution is 5.94. The molecule has 0 saturated carbocycles. The molecule has 0 atom stereocenters. The van der Waals surface area contributed by atoms with E-state index in [0.717, 1.165) is 5.69 Å². The number of carbonyl (C=O) groups excluding carboxylic acids is 1. The summed E-state index contributed by atoms with van der Waals surface area (Å²) in [4.78, 5) is 34.5. The fourth-order valence-electron chi connectivity index (χ4n) is 3.55. The number of aromatic nitrogens is 4. The van der Waals surface area contributed by atoms with Gasteiger partial charge >= 0.3 is 0 Å². The molecule has 1 N–H and O–H groups in total. The third-order valence-electron chi connectivity index (χ3n) is 5.10. The normalized spacial score (nSPS) is 11.0. The van der Waals surface area contributed by atoms with Crippen LogP contribution in [-0.4, -0.2) is 37.6 Å². The van der Waals surface area contributed by atoms with Crippen molar-refractivity contribution >= 4 is 16.8 Å².